The lowest BCUT2D eigenvalue weighted by Gasteiger charge is -2.28. The Labute approximate surface area is 182 Å². The van der Waals surface area contributed by atoms with Crippen molar-refractivity contribution in [3.8, 4) is 0 Å². The number of sulfonamides is 1. The van der Waals surface area contributed by atoms with E-state index in [0.717, 1.165) is 27.7 Å². The molecular weight excluding hydrogens is 471 g/mol. The summed E-state index contributed by atoms with van der Waals surface area (Å²) < 4.78 is 42.9. The van der Waals surface area contributed by atoms with Gasteiger partial charge in [-0.2, -0.15) is 4.31 Å². The van der Waals surface area contributed by atoms with Gasteiger partial charge in [0.1, 0.15) is 10.7 Å². The normalized spacial score (nSPS) is 14.2. The van der Waals surface area contributed by atoms with Crippen LogP contribution in [-0.4, -0.2) is 25.2 Å². The van der Waals surface area contributed by atoms with Crippen molar-refractivity contribution < 1.29 is 17.6 Å². The molecule has 0 aromatic heterocycles. The zero-order valence-corrected chi connectivity index (χ0v) is 18.2. The van der Waals surface area contributed by atoms with E-state index in [2.05, 4.69) is 21.2 Å². The number of carbonyl (C=O) groups excluding carboxylic acids is 1. The minimum Gasteiger partial charge on any atom is -0.322 e. The molecule has 5 nitrogen and oxygen atoms in total. The number of fused-ring (bicyclic) bond motifs is 1. The third-order valence-corrected chi connectivity index (χ3v) is 7.40. The average molecular weight is 489 g/mol. The van der Waals surface area contributed by atoms with Gasteiger partial charge in [0.25, 0.3) is 5.91 Å². The van der Waals surface area contributed by atoms with Crippen LogP contribution in [0.25, 0.3) is 0 Å². The molecule has 4 rings (SSSR count). The molecule has 0 bridgehead atoms. The van der Waals surface area contributed by atoms with Gasteiger partial charge in [0, 0.05) is 28.8 Å². The summed E-state index contributed by atoms with van der Waals surface area (Å²) >= 11 is 3.32. The molecule has 0 unspecified atom stereocenters. The molecule has 0 fully saturated rings. The second kappa shape index (κ2) is 8.29. The van der Waals surface area contributed by atoms with E-state index in [9.17, 15) is 17.6 Å². The fourth-order valence-electron chi connectivity index (χ4n) is 3.39. The molecule has 8 heteroatoms. The summed E-state index contributed by atoms with van der Waals surface area (Å²) in [6.45, 7) is 0.432. The Balaban J connectivity index is 1.61. The second-order valence-corrected chi connectivity index (χ2v) is 9.79. The Bertz CT molecular complexity index is 1210. The largest absolute Gasteiger partial charge is 0.322 e. The van der Waals surface area contributed by atoms with Crippen molar-refractivity contribution >= 4 is 37.5 Å². The minimum atomic E-state index is -4.10. The van der Waals surface area contributed by atoms with Crippen LogP contribution >= 0.6 is 15.9 Å². The molecule has 3 aromatic rings. The summed E-state index contributed by atoms with van der Waals surface area (Å²) in [5.74, 6) is -1.40. The maximum Gasteiger partial charge on any atom is 0.255 e. The highest BCUT2D eigenvalue weighted by Gasteiger charge is 2.31. The van der Waals surface area contributed by atoms with E-state index in [0.29, 0.717) is 12.1 Å². The number of anilines is 1. The van der Waals surface area contributed by atoms with Gasteiger partial charge in [-0.1, -0.05) is 40.2 Å². The number of benzene rings is 3. The van der Waals surface area contributed by atoms with Crippen LogP contribution in [0.3, 0.4) is 0 Å². The third kappa shape index (κ3) is 4.16. The van der Waals surface area contributed by atoms with E-state index in [1.807, 2.05) is 24.3 Å². The van der Waals surface area contributed by atoms with E-state index in [1.54, 1.807) is 24.3 Å². The SMILES string of the molecule is O=C(Nc1ccc(Br)cc1)c1ccc(F)c(S(=O)(=O)N2CCc3ccccc3C2)c1. The van der Waals surface area contributed by atoms with Gasteiger partial charge in [-0.15, -0.1) is 0 Å². The minimum absolute atomic E-state index is 0.0651. The number of halogens is 2. The monoisotopic (exact) mass is 488 g/mol. The van der Waals surface area contributed by atoms with Crippen molar-refractivity contribution in [3.05, 3.63) is 93.7 Å². The summed E-state index contributed by atoms with van der Waals surface area (Å²) in [5.41, 5.74) is 2.60. The number of amides is 1. The molecule has 0 atom stereocenters. The van der Waals surface area contributed by atoms with Crippen molar-refractivity contribution in [3.63, 3.8) is 0 Å². The lowest BCUT2D eigenvalue weighted by Crippen LogP contribution is -2.36. The molecule has 0 saturated carbocycles. The Hall–Kier alpha value is -2.55. The standard InChI is InChI=1S/C22H18BrFN2O3S/c23-18-6-8-19(9-7-18)25-22(27)16-5-10-20(24)21(13-16)30(28,29)26-12-11-15-3-1-2-4-17(15)14-26/h1-10,13H,11-12,14H2,(H,25,27). The van der Waals surface area contributed by atoms with Crippen molar-refractivity contribution in [1.82, 2.24) is 4.31 Å². The average Bonchev–Trinajstić information content (AvgIpc) is 2.75. The highest BCUT2D eigenvalue weighted by atomic mass is 79.9. The molecule has 30 heavy (non-hydrogen) atoms. The highest BCUT2D eigenvalue weighted by molar-refractivity contribution is 9.10. The quantitative estimate of drug-likeness (QED) is 0.583. The fourth-order valence-corrected chi connectivity index (χ4v) is 5.17. The van der Waals surface area contributed by atoms with Crippen LogP contribution < -0.4 is 5.32 Å². The Morgan fingerprint density at radius 2 is 1.70 bits per heavy atom. The van der Waals surface area contributed by atoms with Gasteiger partial charge in [0.15, 0.2) is 0 Å². The molecule has 1 aliphatic heterocycles. The van der Waals surface area contributed by atoms with Gasteiger partial charge < -0.3 is 5.32 Å². The molecule has 0 aliphatic carbocycles. The Morgan fingerprint density at radius 3 is 2.43 bits per heavy atom. The van der Waals surface area contributed by atoms with Gasteiger partial charge in [0.05, 0.1) is 0 Å². The third-order valence-electron chi connectivity index (χ3n) is 5.01. The fraction of sp³-hybridized carbons (Fsp3) is 0.136. The number of rotatable bonds is 4. The first-order valence-corrected chi connectivity index (χ1v) is 11.5. The van der Waals surface area contributed by atoms with Crippen LogP contribution in [0.15, 0.2) is 76.1 Å². The molecular formula is C22H18BrFN2O3S. The van der Waals surface area contributed by atoms with Gasteiger partial charge >= 0.3 is 0 Å². The van der Waals surface area contributed by atoms with E-state index in [1.165, 1.54) is 10.4 Å². The van der Waals surface area contributed by atoms with Crippen molar-refractivity contribution in [2.75, 3.05) is 11.9 Å². The maximum atomic E-state index is 14.5. The first kappa shape index (κ1) is 20.7. The van der Waals surface area contributed by atoms with Crippen molar-refractivity contribution in [2.24, 2.45) is 0 Å². The lowest BCUT2D eigenvalue weighted by molar-refractivity contribution is 0.102. The van der Waals surface area contributed by atoms with Crippen LogP contribution in [-0.2, 0) is 23.0 Å². The Morgan fingerprint density at radius 1 is 1.00 bits per heavy atom. The van der Waals surface area contributed by atoms with E-state index in [4.69, 9.17) is 0 Å². The van der Waals surface area contributed by atoms with E-state index < -0.39 is 26.6 Å². The maximum absolute atomic E-state index is 14.5. The van der Waals surface area contributed by atoms with Gasteiger partial charge in [0.2, 0.25) is 10.0 Å². The van der Waals surface area contributed by atoms with Crippen LogP contribution in [0.2, 0.25) is 0 Å². The zero-order valence-electron chi connectivity index (χ0n) is 15.8. The molecule has 1 aliphatic rings. The number of hydrogen-bond donors (Lipinski definition) is 1. The summed E-state index contributed by atoms with van der Waals surface area (Å²) in [6.07, 6.45) is 0.556. The Kier molecular flexibility index (Phi) is 5.73. The smallest absolute Gasteiger partial charge is 0.255 e. The number of hydrogen-bond acceptors (Lipinski definition) is 3. The number of nitrogens with one attached hydrogen (secondary N) is 1. The molecule has 1 heterocycles. The van der Waals surface area contributed by atoms with Gasteiger partial charge in [-0.25, -0.2) is 12.8 Å². The molecule has 3 aromatic carbocycles. The number of nitrogens with zero attached hydrogens (tertiary/aromatic N) is 1. The number of carbonyl (C=O) groups is 1. The molecule has 0 saturated heterocycles. The molecule has 1 amide bonds. The topological polar surface area (TPSA) is 66.5 Å². The first-order chi connectivity index (χ1) is 14.3. The van der Waals surface area contributed by atoms with E-state index >= 15 is 0 Å². The predicted octanol–water partition coefficient (Wildman–Crippen LogP) is 4.59. The lowest BCUT2D eigenvalue weighted by atomic mass is 10.0. The van der Waals surface area contributed by atoms with Crippen LogP contribution in [0.4, 0.5) is 10.1 Å². The second-order valence-electron chi connectivity index (χ2n) is 6.96. The summed E-state index contributed by atoms with van der Waals surface area (Å²) in [4.78, 5) is 12.1. The summed E-state index contributed by atoms with van der Waals surface area (Å²) in [6, 6.07) is 17.9. The molecule has 1 N–H and O–H groups in total. The summed E-state index contributed by atoms with van der Waals surface area (Å²) in [7, 11) is -4.10. The van der Waals surface area contributed by atoms with Crippen LogP contribution in [0, 0.1) is 5.82 Å². The molecule has 0 radical (unpaired) electrons. The highest BCUT2D eigenvalue weighted by Crippen LogP contribution is 2.27. The molecule has 154 valence electrons. The van der Waals surface area contributed by atoms with Gasteiger partial charge in [-0.05, 0) is 60.0 Å². The molecule has 0 spiro atoms. The van der Waals surface area contributed by atoms with E-state index in [-0.39, 0.29) is 18.7 Å². The predicted molar refractivity (Wildman–Crippen MR) is 116 cm³/mol. The van der Waals surface area contributed by atoms with Crippen molar-refractivity contribution in [2.45, 2.75) is 17.9 Å². The first-order valence-electron chi connectivity index (χ1n) is 9.28. The van der Waals surface area contributed by atoms with Gasteiger partial charge in [-0.3, -0.25) is 4.79 Å². The van der Waals surface area contributed by atoms with Crippen LogP contribution in [0.1, 0.15) is 21.5 Å². The zero-order chi connectivity index (χ0) is 21.3. The summed E-state index contributed by atoms with van der Waals surface area (Å²) in [5, 5.41) is 2.69. The van der Waals surface area contributed by atoms with Crippen molar-refractivity contribution in [1.29, 1.82) is 0 Å². The van der Waals surface area contributed by atoms with Crippen LogP contribution in [0.5, 0.6) is 0 Å².